The van der Waals surface area contributed by atoms with Crippen molar-refractivity contribution in [2.24, 2.45) is 11.8 Å². The second-order valence-corrected chi connectivity index (χ2v) is 9.66. The highest BCUT2D eigenvalue weighted by Gasteiger charge is 2.48. The number of anilines is 1. The fourth-order valence-electron chi connectivity index (χ4n) is 4.89. The number of nitrogens with zero attached hydrogens (tertiary/aromatic N) is 2. The van der Waals surface area contributed by atoms with Crippen LogP contribution < -0.4 is 9.64 Å². The molecule has 3 aromatic carbocycles. The van der Waals surface area contributed by atoms with Gasteiger partial charge in [-0.1, -0.05) is 42.6 Å². The standard InChI is InChI=1S/C28H23ClN2O7/c29-24-15-20(31(35)36)10-13-25(24)38-21-11-8-17(9-12-21)16-37-28(34)18-4-3-5-19(14-18)30-26(32)22-6-1-2-7-23(22)27(30)33/h3-5,8-15,22-23H,1-2,6-7,16H2/t22-,23-/m0/s1. The molecule has 0 radical (unpaired) electrons. The highest BCUT2D eigenvalue weighted by Crippen LogP contribution is 2.40. The number of halogens is 1. The van der Waals surface area contributed by atoms with E-state index in [2.05, 4.69) is 0 Å². The minimum absolute atomic E-state index is 0.00659. The molecule has 1 saturated carbocycles. The molecule has 2 atom stereocenters. The van der Waals surface area contributed by atoms with Crippen molar-refractivity contribution in [3.8, 4) is 11.5 Å². The number of imide groups is 1. The van der Waals surface area contributed by atoms with Gasteiger partial charge < -0.3 is 9.47 Å². The number of esters is 1. The van der Waals surface area contributed by atoms with Gasteiger partial charge in [-0.15, -0.1) is 0 Å². The number of carbonyl (C=O) groups excluding carboxylic acids is 3. The zero-order valence-corrected chi connectivity index (χ0v) is 20.9. The monoisotopic (exact) mass is 534 g/mol. The topological polar surface area (TPSA) is 116 Å². The van der Waals surface area contributed by atoms with E-state index in [0.717, 1.165) is 25.7 Å². The lowest BCUT2D eigenvalue weighted by Gasteiger charge is -2.19. The van der Waals surface area contributed by atoms with Crippen LogP contribution in [0.3, 0.4) is 0 Å². The lowest BCUT2D eigenvalue weighted by Crippen LogP contribution is -2.31. The SMILES string of the molecule is O=C(OCc1ccc(Oc2ccc([N+](=O)[O-])cc2Cl)cc1)c1cccc(N2C(=O)[C@H]3CCCC[C@@H]3C2=O)c1. The van der Waals surface area contributed by atoms with Gasteiger partial charge in [-0.3, -0.25) is 24.6 Å². The number of fused-ring (bicyclic) bond motifs is 1. The Labute approximate surface area is 223 Å². The molecule has 1 aliphatic heterocycles. The minimum atomic E-state index is -0.582. The van der Waals surface area contributed by atoms with E-state index in [9.17, 15) is 24.5 Å². The Morgan fingerprint density at radius 2 is 1.66 bits per heavy atom. The number of amides is 2. The van der Waals surface area contributed by atoms with E-state index < -0.39 is 10.9 Å². The molecule has 1 aliphatic carbocycles. The molecule has 2 aliphatic rings. The highest BCUT2D eigenvalue weighted by molar-refractivity contribution is 6.32. The van der Waals surface area contributed by atoms with E-state index in [1.807, 2.05) is 0 Å². The fraction of sp³-hybridized carbons (Fsp3) is 0.250. The largest absolute Gasteiger partial charge is 0.457 e. The number of non-ortho nitro benzene ring substituents is 1. The summed E-state index contributed by atoms with van der Waals surface area (Å²) in [4.78, 5) is 50.0. The van der Waals surface area contributed by atoms with Crippen molar-refractivity contribution in [3.63, 3.8) is 0 Å². The third-order valence-electron chi connectivity index (χ3n) is 6.83. The van der Waals surface area contributed by atoms with Crippen LogP contribution in [0.1, 0.15) is 41.6 Å². The third-order valence-corrected chi connectivity index (χ3v) is 7.12. The zero-order chi connectivity index (χ0) is 26.8. The molecular weight excluding hydrogens is 512 g/mol. The van der Waals surface area contributed by atoms with Gasteiger partial charge >= 0.3 is 5.97 Å². The maximum atomic E-state index is 12.9. The van der Waals surface area contributed by atoms with Gasteiger partial charge in [0.1, 0.15) is 18.1 Å². The minimum Gasteiger partial charge on any atom is -0.457 e. The predicted octanol–water partition coefficient (Wildman–Crippen LogP) is 6.08. The molecule has 5 rings (SSSR count). The molecule has 0 unspecified atom stereocenters. The molecule has 0 spiro atoms. The lowest BCUT2D eigenvalue weighted by atomic mass is 9.81. The zero-order valence-electron chi connectivity index (χ0n) is 20.2. The first-order valence-corrected chi connectivity index (χ1v) is 12.6. The van der Waals surface area contributed by atoms with Gasteiger partial charge in [-0.25, -0.2) is 4.79 Å². The summed E-state index contributed by atoms with van der Waals surface area (Å²) in [5, 5.41) is 11.0. The molecule has 0 aromatic heterocycles. The van der Waals surface area contributed by atoms with Crippen LogP contribution in [0.5, 0.6) is 11.5 Å². The van der Waals surface area contributed by atoms with Crippen LogP contribution in [0.2, 0.25) is 5.02 Å². The molecule has 194 valence electrons. The Morgan fingerprint density at radius 1 is 0.974 bits per heavy atom. The lowest BCUT2D eigenvalue weighted by molar-refractivity contribution is -0.384. The van der Waals surface area contributed by atoms with Crippen molar-refractivity contribution < 1.29 is 28.8 Å². The maximum absolute atomic E-state index is 12.9. The van der Waals surface area contributed by atoms with Crippen molar-refractivity contribution in [1.82, 2.24) is 0 Å². The molecule has 9 nitrogen and oxygen atoms in total. The molecule has 2 fully saturated rings. The first-order valence-electron chi connectivity index (χ1n) is 12.2. The van der Waals surface area contributed by atoms with Crippen LogP contribution in [0.4, 0.5) is 11.4 Å². The summed E-state index contributed by atoms with van der Waals surface area (Å²) >= 11 is 6.07. The van der Waals surface area contributed by atoms with E-state index in [4.69, 9.17) is 21.1 Å². The number of hydrogen-bond acceptors (Lipinski definition) is 7. The van der Waals surface area contributed by atoms with E-state index in [1.165, 1.54) is 29.2 Å². The summed E-state index contributed by atoms with van der Waals surface area (Å²) in [5.41, 5.74) is 1.19. The molecule has 1 saturated heterocycles. The summed E-state index contributed by atoms with van der Waals surface area (Å²) in [6.07, 6.45) is 3.33. The van der Waals surface area contributed by atoms with Crippen LogP contribution >= 0.6 is 11.6 Å². The van der Waals surface area contributed by atoms with Crippen molar-refractivity contribution in [1.29, 1.82) is 0 Å². The number of ether oxygens (including phenoxy) is 2. The summed E-state index contributed by atoms with van der Waals surface area (Å²) in [6.45, 7) is -0.00659. The van der Waals surface area contributed by atoms with Crippen LogP contribution in [0.15, 0.2) is 66.7 Å². The van der Waals surface area contributed by atoms with Crippen LogP contribution in [-0.2, 0) is 20.9 Å². The maximum Gasteiger partial charge on any atom is 0.338 e. The first-order chi connectivity index (χ1) is 18.3. The predicted molar refractivity (Wildman–Crippen MR) is 138 cm³/mol. The second-order valence-electron chi connectivity index (χ2n) is 9.25. The molecule has 0 bridgehead atoms. The number of rotatable bonds is 7. The van der Waals surface area contributed by atoms with Crippen LogP contribution in [0.25, 0.3) is 0 Å². The quantitative estimate of drug-likeness (QED) is 0.156. The van der Waals surface area contributed by atoms with Gasteiger partial charge in [0.2, 0.25) is 11.8 Å². The Bertz CT molecular complexity index is 1400. The van der Waals surface area contributed by atoms with Gasteiger partial charge in [-0.05, 0) is 54.8 Å². The number of nitro benzene ring substituents is 1. The van der Waals surface area contributed by atoms with Crippen molar-refractivity contribution in [2.45, 2.75) is 32.3 Å². The summed E-state index contributed by atoms with van der Waals surface area (Å²) in [6, 6.07) is 17.0. The van der Waals surface area contributed by atoms with Gasteiger partial charge in [-0.2, -0.15) is 0 Å². The Kier molecular flexibility index (Phi) is 7.11. The van der Waals surface area contributed by atoms with Crippen LogP contribution in [0, 0.1) is 22.0 Å². The first kappa shape index (κ1) is 25.4. The van der Waals surface area contributed by atoms with E-state index in [-0.39, 0.29) is 52.3 Å². The average molecular weight is 535 g/mol. The number of benzene rings is 3. The van der Waals surface area contributed by atoms with Crippen LogP contribution in [-0.4, -0.2) is 22.7 Å². The summed E-state index contributed by atoms with van der Waals surface area (Å²) < 4.78 is 11.1. The molecule has 0 N–H and O–H groups in total. The molecule has 1 heterocycles. The van der Waals surface area contributed by atoms with E-state index >= 15 is 0 Å². The number of hydrogen-bond donors (Lipinski definition) is 0. The fourth-order valence-corrected chi connectivity index (χ4v) is 5.10. The van der Waals surface area contributed by atoms with E-state index in [1.54, 1.807) is 42.5 Å². The average Bonchev–Trinajstić information content (AvgIpc) is 3.18. The van der Waals surface area contributed by atoms with E-state index in [0.29, 0.717) is 17.0 Å². The van der Waals surface area contributed by atoms with Gasteiger partial charge in [0.05, 0.1) is 33.0 Å². The third kappa shape index (κ3) is 5.10. The molecule has 10 heteroatoms. The Morgan fingerprint density at radius 3 is 2.29 bits per heavy atom. The van der Waals surface area contributed by atoms with Crippen molar-refractivity contribution in [3.05, 3.63) is 93.0 Å². The Balaban J connectivity index is 1.21. The smallest absolute Gasteiger partial charge is 0.338 e. The highest BCUT2D eigenvalue weighted by atomic mass is 35.5. The van der Waals surface area contributed by atoms with Gasteiger partial charge in [0.25, 0.3) is 5.69 Å². The normalized spacial score (nSPS) is 18.7. The van der Waals surface area contributed by atoms with Gasteiger partial charge in [0, 0.05) is 12.1 Å². The van der Waals surface area contributed by atoms with Crippen molar-refractivity contribution in [2.75, 3.05) is 4.90 Å². The number of carbonyl (C=O) groups is 3. The second kappa shape index (κ2) is 10.6. The summed E-state index contributed by atoms with van der Waals surface area (Å²) in [5.74, 6) is -0.786. The molecule has 2 amide bonds. The van der Waals surface area contributed by atoms with Gasteiger partial charge in [0.15, 0.2) is 0 Å². The Hall–Kier alpha value is -4.24. The molecule has 3 aromatic rings. The molecular formula is C28H23ClN2O7. The number of nitro groups is 1. The summed E-state index contributed by atoms with van der Waals surface area (Å²) in [7, 11) is 0. The van der Waals surface area contributed by atoms with Crippen molar-refractivity contribution >= 4 is 40.8 Å². The molecule has 38 heavy (non-hydrogen) atoms.